The van der Waals surface area contributed by atoms with E-state index >= 15 is 0 Å². The fourth-order valence-corrected chi connectivity index (χ4v) is 4.30. The van der Waals surface area contributed by atoms with Crippen LogP contribution in [0.2, 0.25) is 0 Å². The van der Waals surface area contributed by atoms with Crippen molar-refractivity contribution >= 4 is 50.6 Å². The molecule has 1 saturated heterocycles. The summed E-state index contributed by atoms with van der Waals surface area (Å²) in [5, 5.41) is 10.7. The van der Waals surface area contributed by atoms with Crippen molar-refractivity contribution in [2.75, 3.05) is 13.7 Å². The lowest BCUT2D eigenvalue weighted by Crippen LogP contribution is -2.27. The second-order valence-corrected chi connectivity index (χ2v) is 7.97. The largest absolute Gasteiger partial charge is 0.493 e. The number of hydrogen-bond acceptors (Lipinski definition) is 7. The number of nitrogens with zero attached hydrogens (tertiary/aromatic N) is 2. The minimum absolute atomic E-state index is 0.138. The molecule has 0 bridgehead atoms. The average molecular weight is 493 g/mol. The maximum atomic E-state index is 12.8. The molecule has 1 aliphatic rings. The lowest BCUT2D eigenvalue weighted by atomic mass is 10.1. The molecule has 0 saturated carbocycles. The van der Waals surface area contributed by atoms with Gasteiger partial charge in [0.15, 0.2) is 11.5 Å². The summed E-state index contributed by atoms with van der Waals surface area (Å²) in [6.45, 7) is 2.14. The molecule has 10 heteroatoms. The second-order valence-electron chi connectivity index (χ2n) is 6.12. The molecular formula is C20H17BrN2O6S. The van der Waals surface area contributed by atoms with Crippen molar-refractivity contribution in [3.8, 4) is 11.5 Å². The monoisotopic (exact) mass is 492 g/mol. The van der Waals surface area contributed by atoms with E-state index in [0.29, 0.717) is 28.1 Å². The van der Waals surface area contributed by atoms with E-state index < -0.39 is 16.1 Å². The third kappa shape index (κ3) is 4.49. The molecule has 0 unspecified atom stereocenters. The molecule has 1 heterocycles. The van der Waals surface area contributed by atoms with Crippen molar-refractivity contribution in [2.45, 2.75) is 13.5 Å². The number of rotatable bonds is 7. The van der Waals surface area contributed by atoms with Gasteiger partial charge in [0.25, 0.3) is 16.8 Å². The molecule has 0 atom stereocenters. The SMILES string of the molecule is CCOc1c(Br)cc(/C=C2\SC(=O)N(Cc3ccccc3[N+](=O)[O-])C2=O)cc1OC. The lowest BCUT2D eigenvalue weighted by molar-refractivity contribution is -0.385. The van der Waals surface area contributed by atoms with Gasteiger partial charge in [-0.15, -0.1) is 0 Å². The van der Waals surface area contributed by atoms with E-state index in [0.717, 1.165) is 16.7 Å². The molecule has 1 fully saturated rings. The van der Waals surface area contributed by atoms with Gasteiger partial charge in [0.1, 0.15) is 0 Å². The van der Waals surface area contributed by atoms with Gasteiger partial charge in [-0.3, -0.25) is 24.6 Å². The van der Waals surface area contributed by atoms with Gasteiger partial charge < -0.3 is 9.47 Å². The average Bonchev–Trinajstić information content (AvgIpc) is 2.97. The molecule has 0 aliphatic carbocycles. The van der Waals surface area contributed by atoms with Crippen molar-refractivity contribution in [1.82, 2.24) is 4.90 Å². The normalized spacial score (nSPS) is 15.0. The summed E-state index contributed by atoms with van der Waals surface area (Å²) < 4.78 is 11.6. The van der Waals surface area contributed by atoms with Crippen LogP contribution in [-0.2, 0) is 11.3 Å². The Morgan fingerprint density at radius 2 is 2.00 bits per heavy atom. The minimum Gasteiger partial charge on any atom is -0.493 e. The van der Waals surface area contributed by atoms with E-state index in [4.69, 9.17) is 9.47 Å². The smallest absolute Gasteiger partial charge is 0.293 e. The molecule has 2 amide bonds. The van der Waals surface area contributed by atoms with Gasteiger partial charge in [0.05, 0.1) is 34.6 Å². The Bertz CT molecular complexity index is 1060. The molecule has 0 spiro atoms. The highest BCUT2D eigenvalue weighted by atomic mass is 79.9. The molecule has 2 aromatic rings. The number of nitro benzene ring substituents is 1. The van der Waals surface area contributed by atoms with Crippen molar-refractivity contribution in [1.29, 1.82) is 0 Å². The van der Waals surface area contributed by atoms with Crippen LogP contribution in [0.3, 0.4) is 0 Å². The van der Waals surface area contributed by atoms with Gasteiger partial charge in [-0.25, -0.2) is 0 Å². The summed E-state index contributed by atoms with van der Waals surface area (Å²) in [7, 11) is 1.51. The molecule has 30 heavy (non-hydrogen) atoms. The van der Waals surface area contributed by atoms with Crippen LogP contribution in [0, 0.1) is 10.1 Å². The molecule has 2 aromatic carbocycles. The van der Waals surface area contributed by atoms with Crippen LogP contribution in [0.1, 0.15) is 18.1 Å². The van der Waals surface area contributed by atoms with E-state index in [-0.39, 0.29) is 22.7 Å². The van der Waals surface area contributed by atoms with Gasteiger partial charge in [-0.2, -0.15) is 0 Å². The lowest BCUT2D eigenvalue weighted by Gasteiger charge is -2.13. The van der Waals surface area contributed by atoms with Crippen molar-refractivity contribution in [2.24, 2.45) is 0 Å². The van der Waals surface area contributed by atoms with E-state index in [2.05, 4.69) is 15.9 Å². The van der Waals surface area contributed by atoms with Gasteiger partial charge in [-0.05, 0) is 58.4 Å². The highest BCUT2D eigenvalue weighted by Crippen LogP contribution is 2.39. The Hall–Kier alpha value is -2.85. The summed E-state index contributed by atoms with van der Waals surface area (Å²) >= 11 is 4.21. The number of hydrogen-bond donors (Lipinski definition) is 0. The second kappa shape index (κ2) is 9.31. The van der Waals surface area contributed by atoms with Crippen LogP contribution < -0.4 is 9.47 Å². The number of halogens is 1. The molecule has 8 nitrogen and oxygen atoms in total. The van der Waals surface area contributed by atoms with Crippen molar-refractivity contribution in [3.05, 3.63) is 67.0 Å². The van der Waals surface area contributed by atoms with Gasteiger partial charge in [-0.1, -0.05) is 18.2 Å². The zero-order valence-corrected chi connectivity index (χ0v) is 18.5. The molecule has 3 rings (SSSR count). The Labute approximate surface area is 185 Å². The number of carbonyl (C=O) groups is 2. The first-order valence-corrected chi connectivity index (χ1v) is 10.4. The van der Waals surface area contributed by atoms with E-state index in [1.54, 1.807) is 24.3 Å². The molecule has 1 aliphatic heterocycles. The zero-order chi connectivity index (χ0) is 21.8. The maximum Gasteiger partial charge on any atom is 0.293 e. The number of nitro groups is 1. The van der Waals surface area contributed by atoms with Crippen molar-refractivity contribution < 1.29 is 24.0 Å². The van der Waals surface area contributed by atoms with E-state index in [1.807, 2.05) is 6.92 Å². The molecule has 0 aromatic heterocycles. The standard InChI is InChI=1S/C20H17BrN2O6S/c1-3-29-18-14(21)8-12(9-16(18)28-2)10-17-19(24)22(20(25)30-17)11-13-6-4-5-7-15(13)23(26)27/h4-10H,3,11H2,1-2H3/b17-10-. The van der Waals surface area contributed by atoms with Crippen LogP contribution in [-0.4, -0.2) is 34.7 Å². The van der Waals surface area contributed by atoms with Crippen LogP contribution >= 0.6 is 27.7 Å². The van der Waals surface area contributed by atoms with Crippen LogP contribution in [0.15, 0.2) is 45.8 Å². The fraction of sp³-hybridized carbons (Fsp3) is 0.200. The minimum atomic E-state index is -0.534. The Morgan fingerprint density at radius 3 is 2.67 bits per heavy atom. The van der Waals surface area contributed by atoms with E-state index in [1.165, 1.54) is 25.3 Å². The molecule has 0 N–H and O–H groups in total. The van der Waals surface area contributed by atoms with Crippen molar-refractivity contribution in [3.63, 3.8) is 0 Å². The van der Waals surface area contributed by atoms with Gasteiger partial charge in [0, 0.05) is 11.6 Å². The Balaban J connectivity index is 1.89. The topological polar surface area (TPSA) is 99.0 Å². The highest BCUT2D eigenvalue weighted by Gasteiger charge is 2.36. The summed E-state index contributed by atoms with van der Waals surface area (Å²) in [5.41, 5.74) is 0.788. The van der Waals surface area contributed by atoms with Crippen LogP contribution in [0.5, 0.6) is 11.5 Å². The number of imide groups is 1. The summed E-state index contributed by atoms with van der Waals surface area (Å²) in [4.78, 5) is 37.1. The molecule has 0 radical (unpaired) electrons. The number of methoxy groups -OCH3 is 1. The number of thioether (sulfide) groups is 1. The predicted octanol–water partition coefficient (Wildman–Crippen LogP) is 5.00. The summed E-state index contributed by atoms with van der Waals surface area (Å²) in [5.74, 6) is 0.519. The number of amides is 2. The van der Waals surface area contributed by atoms with E-state index in [9.17, 15) is 19.7 Å². The molecular weight excluding hydrogens is 476 g/mol. The first-order valence-electron chi connectivity index (χ1n) is 8.83. The predicted molar refractivity (Wildman–Crippen MR) is 116 cm³/mol. The maximum absolute atomic E-state index is 12.8. The first kappa shape index (κ1) is 21.8. The number of ether oxygens (including phenoxy) is 2. The highest BCUT2D eigenvalue weighted by molar-refractivity contribution is 9.10. The first-order chi connectivity index (χ1) is 14.3. The quantitative estimate of drug-likeness (QED) is 0.304. The van der Waals surface area contributed by atoms with Gasteiger partial charge >= 0.3 is 0 Å². The number of carbonyl (C=O) groups excluding carboxylic acids is 2. The van der Waals surface area contributed by atoms with Crippen LogP contribution in [0.4, 0.5) is 10.5 Å². The third-order valence-electron chi connectivity index (χ3n) is 4.23. The Kier molecular flexibility index (Phi) is 6.78. The number of benzene rings is 2. The van der Waals surface area contributed by atoms with Crippen LogP contribution in [0.25, 0.3) is 6.08 Å². The summed E-state index contributed by atoms with van der Waals surface area (Å²) in [6, 6.07) is 9.48. The third-order valence-corrected chi connectivity index (χ3v) is 5.73. The summed E-state index contributed by atoms with van der Waals surface area (Å²) in [6.07, 6.45) is 1.58. The molecule has 156 valence electrons. The zero-order valence-electron chi connectivity index (χ0n) is 16.1. The number of para-hydroxylation sites is 1. The van der Waals surface area contributed by atoms with Gasteiger partial charge in [0.2, 0.25) is 0 Å². The fourth-order valence-electron chi connectivity index (χ4n) is 2.89. The Morgan fingerprint density at radius 1 is 1.27 bits per heavy atom.